The molecule has 0 aliphatic carbocycles. The maximum absolute atomic E-state index is 12.4. The average molecular weight is 555 g/mol. The van der Waals surface area contributed by atoms with E-state index in [-0.39, 0.29) is 16.9 Å². The number of nitrogens with two attached hydrogens (primary N) is 1. The van der Waals surface area contributed by atoms with E-state index in [0.717, 1.165) is 51.6 Å². The Morgan fingerprint density at radius 3 is 1.56 bits per heavy atom. The minimum absolute atomic E-state index is 0.189. The minimum Gasteiger partial charge on any atom is -0.627 e. The van der Waals surface area contributed by atoms with Crippen LogP contribution in [-0.2, 0) is 9.59 Å². The molecule has 0 heterocycles. The first-order valence-electron chi connectivity index (χ1n) is 16.9. The van der Waals surface area contributed by atoms with E-state index in [2.05, 4.69) is 24.3 Å². The van der Waals surface area contributed by atoms with Crippen LogP contribution in [0.5, 0.6) is 0 Å². The molecule has 4 N–H and O–H groups in total. The normalized spacial score (nSPS) is 12.2. The zero-order chi connectivity index (χ0) is 28.8. The summed E-state index contributed by atoms with van der Waals surface area (Å²) in [4.78, 5) is 24.1. The highest BCUT2D eigenvalue weighted by atomic mass is 16.5. The summed E-state index contributed by atoms with van der Waals surface area (Å²) in [6.07, 6.45) is 27.3. The number of hydrogen-bond donors (Lipinski definition) is 3. The molecule has 0 saturated carbocycles. The largest absolute Gasteiger partial charge is 0.627 e. The van der Waals surface area contributed by atoms with Crippen molar-refractivity contribution in [1.29, 1.82) is 0 Å². The van der Waals surface area contributed by atoms with Gasteiger partial charge in [0.1, 0.15) is 0 Å². The molecule has 0 saturated heterocycles. The Labute approximate surface area is 242 Å². The van der Waals surface area contributed by atoms with Crippen molar-refractivity contribution >= 4 is 11.8 Å². The van der Waals surface area contributed by atoms with Crippen molar-refractivity contribution in [3.63, 3.8) is 0 Å². The first-order chi connectivity index (χ1) is 19.0. The van der Waals surface area contributed by atoms with E-state index in [9.17, 15) is 14.8 Å². The fourth-order valence-electron chi connectivity index (χ4n) is 5.04. The third-order valence-electron chi connectivity index (χ3n) is 7.53. The van der Waals surface area contributed by atoms with Crippen LogP contribution in [-0.4, -0.2) is 43.0 Å². The van der Waals surface area contributed by atoms with Gasteiger partial charge in [0.2, 0.25) is 5.91 Å². The van der Waals surface area contributed by atoms with Crippen LogP contribution in [0.15, 0.2) is 0 Å². The van der Waals surface area contributed by atoms with Gasteiger partial charge in [-0.3, -0.25) is 10.2 Å². The van der Waals surface area contributed by atoms with Crippen LogP contribution in [0.25, 0.3) is 0 Å². The Morgan fingerprint density at radius 1 is 0.615 bits per heavy atom. The molecule has 0 aliphatic heterocycles. The zero-order valence-corrected chi connectivity index (χ0v) is 26.0. The summed E-state index contributed by atoms with van der Waals surface area (Å²) in [6.45, 7) is 7.10. The number of quaternary nitrogens is 1. The highest BCUT2D eigenvalue weighted by Crippen LogP contribution is 2.13. The Kier molecular flexibility index (Phi) is 29.2. The molecule has 0 spiro atoms. The lowest BCUT2D eigenvalue weighted by molar-refractivity contribution is -0.765. The fourth-order valence-corrected chi connectivity index (χ4v) is 5.04. The molecule has 1 unspecified atom stereocenters. The fraction of sp³-hybridized carbons (Fsp3) is 0.938. The number of carbonyl (C=O) groups excluding carboxylic acids is 2. The van der Waals surface area contributed by atoms with Crippen LogP contribution in [0.1, 0.15) is 168 Å². The van der Waals surface area contributed by atoms with E-state index in [1.165, 1.54) is 96.3 Å². The van der Waals surface area contributed by atoms with Crippen molar-refractivity contribution in [3.05, 3.63) is 5.21 Å². The SMILES string of the molecule is CCCCCCCCCCCC(=O)NN(CCC)CCCCCCCCCCCCCC(=O)[NH+]([O-])CCCN. The van der Waals surface area contributed by atoms with Gasteiger partial charge in [0, 0.05) is 25.9 Å². The van der Waals surface area contributed by atoms with Crippen LogP contribution in [0.2, 0.25) is 0 Å². The Hall–Kier alpha value is -1.02. The van der Waals surface area contributed by atoms with Crippen LogP contribution < -0.4 is 16.2 Å². The van der Waals surface area contributed by atoms with Crippen LogP contribution in [0.3, 0.4) is 0 Å². The number of rotatable bonds is 30. The summed E-state index contributed by atoms with van der Waals surface area (Å²) in [5.74, 6) is -0.0216. The van der Waals surface area contributed by atoms with Gasteiger partial charge in [0.05, 0.1) is 13.0 Å². The first kappa shape index (κ1) is 38.0. The molecular weight excluding hydrogens is 488 g/mol. The number of hydrazine groups is 1. The predicted octanol–water partition coefficient (Wildman–Crippen LogP) is 6.59. The Balaban J connectivity index is 3.58. The first-order valence-corrected chi connectivity index (χ1v) is 16.9. The van der Waals surface area contributed by atoms with Crippen molar-refractivity contribution < 1.29 is 14.7 Å². The number of carbonyl (C=O) groups is 2. The topological polar surface area (TPSA) is 103 Å². The Morgan fingerprint density at radius 2 is 1.08 bits per heavy atom. The maximum Gasteiger partial charge on any atom is 0.312 e. The molecule has 2 amide bonds. The third kappa shape index (κ3) is 26.9. The molecule has 7 nitrogen and oxygen atoms in total. The van der Waals surface area contributed by atoms with Gasteiger partial charge in [-0.15, -0.1) is 0 Å². The number of unbranched alkanes of at least 4 members (excludes halogenated alkanes) is 18. The summed E-state index contributed by atoms with van der Waals surface area (Å²) < 4.78 is 0. The van der Waals surface area contributed by atoms with Gasteiger partial charge in [-0.2, -0.15) is 0 Å². The second-order valence-corrected chi connectivity index (χ2v) is 11.5. The third-order valence-corrected chi connectivity index (χ3v) is 7.53. The summed E-state index contributed by atoms with van der Waals surface area (Å²) in [5, 5.41) is 13.5. The molecule has 232 valence electrons. The molecule has 0 aromatic rings. The highest BCUT2D eigenvalue weighted by Gasteiger charge is 2.10. The van der Waals surface area contributed by atoms with Crippen LogP contribution in [0.4, 0.5) is 0 Å². The maximum atomic E-state index is 12.4. The molecule has 0 radical (unpaired) electrons. The van der Waals surface area contributed by atoms with E-state index in [0.29, 0.717) is 32.4 Å². The molecular formula is C32H66N4O3. The second-order valence-electron chi connectivity index (χ2n) is 11.5. The van der Waals surface area contributed by atoms with E-state index in [1.807, 2.05) is 0 Å². The minimum atomic E-state index is -0.243. The van der Waals surface area contributed by atoms with E-state index in [1.54, 1.807) is 0 Å². The summed E-state index contributed by atoms with van der Waals surface area (Å²) in [7, 11) is 0. The molecule has 1 atom stereocenters. The van der Waals surface area contributed by atoms with Crippen molar-refractivity contribution in [2.75, 3.05) is 26.2 Å². The van der Waals surface area contributed by atoms with Gasteiger partial charge >= 0.3 is 5.91 Å². The van der Waals surface area contributed by atoms with Crippen LogP contribution >= 0.6 is 0 Å². The average Bonchev–Trinajstić information content (AvgIpc) is 2.93. The molecule has 0 aromatic carbocycles. The lowest BCUT2D eigenvalue weighted by Gasteiger charge is -2.22. The molecule has 0 fully saturated rings. The van der Waals surface area contributed by atoms with Crippen LogP contribution in [0, 0.1) is 5.21 Å². The number of hydroxylamine groups is 2. The van der Waals surface area contributed by atoms with Crippen molar-refractivity contribution in [2.45, 2.75) is 168 Å². The van der Waals surface area contributed by atoms with E-state index >= 15 is 0 Å². The van der Waals surface area contributed by atoms with Gasteiger partial charge < -0.3 is 16.0 Å². The summed E-state index contributed by atoms with van der Waals surface area (Å²) in [6, 6.07) is 0. The summed E-state index contributed by atoms with van der Waals surface area (Å²) >= 11 is 0. The predicted molar refractivity (Wildman–Crippen MR) is 165 cm³/mol. The standard InChI is InChI=1S/C32H66N4O3/c1-3-5-6-7-8-12-15-18-21-25-31(37)34-35(28-4-2)29-23-20-17-14-11-9-10-13-16-19-22-26-32(38)36(39)30-24-27-33/h36H,3-30,33H2,1-2H3,(H,34,37). The molecule has 7 heteroatoms. The summed E-state index contributed by atoms with van der Waals surface area (Å²) in [5.41, 5.74) is 8.54. The number of hydrogen-bond acceptors (Lipinski definition) is 5. The van der Waals surface area contributed by atoms with Crippen molar-refractivity contribution in [1.82, 2.24) is 10.4 Å². The van der Waals surface area contributed by atoms with E-state index < -0.39 is 0 Å². The van der Waals surface area contributed by atoms with Crippen molar-refractivity contribution in [2.24, 2.45) is 5.73 Å². The lowest BCUT2D eigenvalue weighted by Crippen LogP contribution is -3.10. The lowest BCUT2D eigenvalue weighted by atomic mass is 10.0. The molecule has 0 aliphatic rings. The second kappa shape index (κ2) is 30.0. The quantitative estimate of drug-likeness (QED) is 0.0686. The highest BCUT2D eigenvalue weighted by molar-refractivity contribution is 5.75. The van der Waals surface area contributed by atoms with Gasteiger partial charge in [0.15, 0.2) is 0 Å². The number of nitrogens with zero attached hydrogens (tertiary/aromatic N) is 1. The molecule has 0 rings (SSSR count). The Bertz CT molecular complexity index is 548. The number of amides is 2. The van der Waals surface area contributed by atoms with E-state index in [4.69, 9.17) is 5.73 Å². The molecule has 0 aromatic heterocycles. The monoisotopic (exact) mass is 555 g/mol. The smallest absolute Gasteiger partial charge is 0.312 e. The van der Waals surface area contributed by atoms with Gasteiger partial charge in [0.25, 0.3) is 0 Å². The van der Waals surface area contributed by atoms with Gasteiger partial charge in [-0.1, -0.05) is 123 Å². The number of nitrogens with one attached hydrogen (secondary N) is 2. The zero-order valence-electron chi connectivity index (χ0n) is 26.0. The van der Waals surface area contributed by atoms with Gasteiger partial charge in [-0.25, -0.2) is 9.80 Å². The van der Waals surface area contributed by atoms with Crippen molar-refractivity contribution in [3.8, 4) is 0 Å². The van der Waals surface area contributed by atoms with Gasteiger partial charge in [-0.05, 0) is 32.2 Å². The molecule has 0 bridgehead atoms. The molecule has 39 heavy (non-hydrogen) atoms.